The largest absolute Gasteiger partial charge is 0.494 e. The summed E-state index contributed by atoms with van der Waals surface area (Å²) in [6.07, 6.45) is 2.70. The molecule has 3 heterocycles. The lowest BCUT2D eigenvalue weighted by atomic mass is 9.98. The standard InChI is InChI=1S/C27H26FN3O4S/c1-4-5-12-34-18-9-6-16(7-10-18)23-22-24(32)19-14-17(28)8-11-20(19)35-25(22)26(33)31(23)27-30-29-21(36-27)13-15(2)3/h6-11,14-15,23H,4-5,12-13H2,1-3H3. The zero-order valence-corrected chi connectivity index (χ0v) is 21.1. The number of anilines is 1. The first kappa shape index (κ1) is 24.1. The van der Waals surface area contributed by atoms with Gasteiger partial charge < -0.3 is 9.15 Å². The van der Waals surface area contributed by atoms with Crippen molar-refractivity contribution in [3.05, 3.63) is 80.4 Å². The van der Waals surface area contributed by atoms with Crippen molar-refractivity contribution in [3.63, 3.8) is 0 Å². The first-order chi connectivity index (χ1) is 17.4. The van der Waals surface area contributed by atoms with Gasteiger partial charge in [0.05, 0.1) is 23.6 Å². The Balaban J connectivity index is 1.64. The normalized spacial score (nSPS) is 15.2. The fourth-order valence-corrected chi connectivity index (χ4v) is 5.39. The van der Waals surface area contributed by atoms with Gasteiger partial charge in [0.15, 0.2) is 5.43 Å². The number of nitrogens with zero attached hydrogens (tertiary/aromatic N) is 3. The molecule has 4 aromatic rings. The van der Waals surface area contributed by atoms with Crippen molar-refractivity contribution in [2.75, 3.05) is 11.5 Å². The van der Waals surface area contributed by atoms with Crippen LogP contribution in [0, 0.1) is 11.7 Å². The lowest BCUT2D eigenvalue weighted by Gasteiger charge is -2.22. The molecule has 1 atom stereocenters. The highest BCUT2D eigenvalue weighted by Gasteiger charge is 2.45. The van der Waals surface area contributed by atoms with Gasteiger partial charge in [0.1, 0.15) is 22.2 Å². The summed E-state index contributed by atoms with van der Waals surface area (Å²) in [5.74, 6) is -0.0202. The second-order valence-electron chi connectivity index (χ2n) is 9.24. The van der Waals surface area contributed by atoms with Crippen LogP contribution in [0.5, 0.6) is 5.75 Å². The second-order valence-corrected chi connectivity index (χ2v) is 10.3. The number of amides is 1. The summed E-state index contributed by atoms with van der Waals surface area (Å²) in [5.41, 5.74) is 0.570. The Morgan fingerprint density at radius 1 is 1.14 bits per heavy atom. The number of fused-ring (bicyclic) bond motifs is 2. The van der Waals surface area contributed by atoms with Crippen LogP contribution in [-0.2, 0) is 6.42 Å². The summed E-state index contributed by atoms with van der Waals surface area (Å²) < 4.78 is 25.7. The molecule has 1 aliphatic heterocycles. The number of benzene rings is 2. The van der Waals surface area contributed by atoms with E-state index in [2.05, 4.69) is 31.0 Å². The molecule has 0 bridgehead atoms. The predicted molar refractivity (Wildman–Crippen MR) is 136 cm³/mol. The van der Waals surface area contributed by atoms with Crippen LogP contribution in [0.1, 0.15) is 66.3 Å². The number of aromatic nitrogens is 2. The molecule has 1 unspecified atom stereocenters. The lowest BCUT2D eigenvalue weighted by Crippen LogP contribution is -2.29. The molecular weight excluding hydrogens is 481 g/mol. The van der Waals surface area contributed by atoms with E-state index in [4.69, 9.17) is 9.15 Å². The summed E-state index contributed by atoms with van der Waals surface area (Å²) >= 11 is 1.32. The molecule has 9 heteroatoms. The van der Waals surface area contributed by atoms with E-state index in [1.807, 2.05) is 24.3 Å². The molecule has 1 aliphatic rings. The van der Waals surface area contributed by atoms with Crippen molar-refractivity contribution < 1.29 is 18.3 Å². The predicted octanol–water partition coefficient (Wildman–Crippen LogP) is 5.91. The third-order valence-corrected chi connectivity index (χ3v) is 6.98. The molecule has 5 rings (SSSR count). The van der Waals surface area contributed by atoms with E-state index < -0.39 is 23.2 Å². The lowest BCUT2D eigenvalue weighted by molar-refractivity contribution is 0.0970. The Bertz CT molecular complexity index is 1480. The van der Waals surface area contributed by atoms with Crippen LogP contribution in [-0.4, -0.2) is 22.7 Å². The molecule has 2 aromatic heterocycles. The fourth-order valence-electron chi connectivity index (χ4n) is 4.31. The van der Waals surface area contributed by atoms with Gasteiger partial charge >= 0.3 is 0 Å². The van der Waals surface area contributed by atoms with E-state index in [-0.39, 0.29) is 22.3 Å². The molecule has 2 aromatic carbocycles. The number of rotatable bonds is 8. The van der Waals surface area contributed by atoms with Gasteiger partial charge in [0.2, 0.25) is 10.9 Å². The number of ether oxygens (including phenoxy) is 1. The Morgan fingerprint density at radius 2 is 1.92 bits per heavy atom. The highest BCUT2D eigenvalue weighted by atomic mass is 32.1. The molecule has 186 valence electrons. The van der Waals surface area contributed by atoms with Gasteiger partial charge in [0.25, 0.3) is 5.91 Å². The van der Waals surface area contributed by atoms with E-state index in [1.54, 1.807) is 0 Å². The van der Waals surface area contributed by atoms with Crippen LogP contribution < -0.4 is 15.1 Å². The van der Waals surface area contributed by atoms with Gasteiger partial charge in [-0.1, -0.05) is 50.7 Å². The SMILES string of the molecule is CCCCOc1ccc(C2c3c(oc4ccc(F)cc4c3=O)C(=O)N2c2nnc(CC(C)C)s2)cc1. The topological polar surface area (TPSA) is 85.5 Å². The van der Waals surface area contributed by atoms with Crippen molar-refractivity contribution in [3.8, 4) is 5.75 Å². The number of carbonyl (C=O) groups excluding carboxylic acids is 1. The maximum absolute atomic E-state index is 14.0. The Labute approximate surface area is 211 Å². The van der Waals surface area contributed by atoms with Crippen molar-refractivity contribution in [1.29, 1.82) is 0 Å². The molecule has 0 aliphatic carbocycles. The summed E-state index contributed by atoms with van der Waals surface area (Å²) in [7, 11) is 0. The van der Waals surface area contributed by atoms with Crippen molar-refractivity contribution in [2.45, 2.75) is 46.1 Å². The van der Waals surface area contributed by atoms with E-state index in [9.17, 15) is 14.0 Å². The average molecular weight is 508 g/mol. The monoisotopic (exact) mass is 507 g/mol. The Morgan fingerprint density at radius 3 is 2.64 bits per heavy atom. The van der Waals surface area contributed by atoms with Crippen LogP contribution in [0.2, 0.25) is 0 Å². The zero-order valence-electron chi connectivity index (χ0n) is 20.3. The van der Waals surface area contributed by atoms with Gasteiger partial charge in [-0.3, -0.25) is 14.5 Å². The first-order valence-electron chi connectivity index (χ1n) is 12.0. The third-order valence-electron chi connectivity index (χ3n) is 6.04. The maximum atomic E-state index is 14.0. The molecule has 0 saturated heterocycles. The summed E-state index contributed by atoms with van der Waals surface area (Å²) in [5, 5.41) is 9.82. The van der Waals surface area contributed by atoms with Crippen LogP contribution >= 0.6 is 11.3 Å². The van der Waals surface area contributed by atoms with Crippen LogP contribution in [0.25, 0.3) is 11.0 Å². The molecule has 1 amide bonds. The number of carbonyl (C=O) groups is 1. The molecule has 0 N–H and O–H groups in total. The summed E-state index contributed by atoms with van der Waals surface area (Å²) in [4.78, 5) is 28.7. The van der Waals surface area contributed by atoms with Crippen LogP contribution in [0.4, 0.5) is 9.52 Å². The molecular formula is C27H26FN3O4S. The van der Waals surface area contributed by atoms with Crippen LogP contribution in [0.15, 0.2) is 51.7 Å². The van der Waals surface area contributed by atoms with Gasteiger partial charge in [0, 0.05) is 6.42 Å². The van der Waals surface area contributed by atoms with E-state index in [0.717, 1.165) is 30.3 Å². The maximum Gasteiger partial charge on any atom is 0.297 e. The number of hydrogen-bond donors (Lipinski definition) is 0. The summed E-state index contributed by atoms with van der Waals surface area (Å²) in [6, 6.07) is 10.2. The molecule has 0 saturated carbocycles. The van der Waals surface area contributed by atoms with Crippen molar-refractivity contribution in [2.24, 2.45) is 5.92 Å². The minimum Gasteiger partial charge on any atom is -0.494 e. The third kappa shape index (κ3) is 4.39. The molecule has 7 nitrogen and oxygen atoms in total. The van der Waals surface area contributed by atoms with Crippen molar-refractivity contribution in [1.82, 2.24) is 10.2 Å². The first-order valence-corrected chi connectivity index (χ1v) is 12.8. The smallest absolute Gasteiger partial charge is 0.297 e. The molecule has 0 spiro atoms. The van der Waals surface area contributed by atoms with Crippen molar-refractivity contribution >= 4 is 33.3 Å². The second kappa shape index (κ2) is 9.81. The minimum atomic E-state index is -0.791. The fraction of sp³-hybridized carbons (Fsp3) is 0.333. The number of hydrogen-bond acceptors (Lipinski definition) is 7. The van der Waals surface area contributed by atoms with E-state index in [1.165, 1.54) is 28.4 Å². The Kier molecular flexibility index (Phi) is 6.57. The quantitative estimate of drug-likeness (QED) is 0.276. The minimum absolute atomic E-state index is 0.0620. The highest BCUT2D eigenvalue weighted by Crippen LogP contribution is 2.42. The number of unbranched alkanes of at least 4 members (excludes halogenated alkanes) is 1. The summed E-state index contributed by atoms with van der Waals surface area (Å²) in [6.45, 7) is 6.87. The molecule has 36 heavy (non-hydrogen) atoms. The van der Waals surface area contributed by atoms with Gasteiger partial charge in [-0.25, -0.2) is 4.39 Å². The van der Waals surface area contributed by atoms with Gasteiger partial charge in [-0.2, -0.15) is 0 Å². The van der Waals surface area contributed by atoms with Crippen LogP contribution in [0.3, 0.4) is 0 Å². The van der Waals surface area contributed by atoms with Gasteiger partial charge in [-0.05, 0) is 48.2 Å². The van der Waals surface area contributed by atoms with E-state index >= 15 is 0 Å². The molecule has 0 radical (unpaired) electrons. The van der Waals surface area contributed by atoms with Gasteiger partial charge in [-0.15, -0.1) is 10.2 Å². The Hall–Kier alpha value is -3.59. The number of halogens is 1. The van der Waals surface area contributed by atoms with E-state index in [0.29, 0.717) is 29.0 Å². The highest BCUT2D eigenvalue weighted by molar-refractivity contribution is 7.15. The zero-order chi connectivity index (χ0) is 25.4. The molecule has 0 fully saturated rings. The average Bonchev–Trinajstić information content (AvgIpc) is 3.42.